The van der Waals surface area contributed by atoms with Crippen molar-refractivity contribution in [2.45, 2.75) is 51.0 Å². The summed E-state index contributed by atoms with van der Waals surface area (Å²) in [7, 11) is 0. The number of nitrogens with two attached hydrogens (primary N) is 1. The molecule has 2 atom stereocenters. The van der Waals surface area contributed by atoms with Gasteiger partial charge in [-0.15, -0.1) is 11.3 Å². The van der Waals surface area contributed by atoms with Crippen LogP contribution in [0.5, 0.6) is 0 Å². The van der Waals surface area contributed by atoms with E-state index in [1.165, 1.54) is 11.3 Å². The lowest BCUT2D eigenvalue weighted by Crippen LogP contribution is -2.27. The molecule has 1 aromatic heterocycles. The first kappa shape index (κ1) is 14.5. The van der Waals surface area contributed by atoms with Crippen molar-refractivity contribution < 1.29 is 13.6 Å². The van der Waals surface area contributed by atoms with Gasteiger partial charge in [0, 0.05) is 24.6 Å². The standard InChI is InChI=1S/C13H18F2N2OS/c1-8(16)12-17-10(7-19-12)11(18)5-9-3-2-4-13(14,15)6-9/h7-9H,2-6,16H2,1H3. The molecule has 6 heteroatoms. The first-order valence-corrected chi connectivity index (χ1v) is 7.37. The van der Waals surface area contributed by atoms with Crippen LogP contribution in [0.1, 0.15) is 60.6 Å². The molecule has 1 aliphatic rings. The number of alkyl halides is 2. The zero-order valence-corrected chi connectivity index (χ0v) is 11.7. The van der Waals surface area contributed by atoms with Crippen LogP contribution in [0.3, 0.4) is 0 Å². The zero-order valence-electron chi connectivity index (χ0n) is 10.9. The average Bonchev–Trinajstić information content (AvgIpc) is 2.76. The van der Waals surface area contributed by atoms with E-state index in [2.05, 4.69) is 4.98 Å². The Morgan fingerprint density at radius 3 is 3.00 bits per heavy atom. The molecule has 3 nitrogen and oxygen atoms in total. The largest absolute Gasteiger partial charge is 0.322 e. The Bertz CT molecular complexity index is 459. The van der Waals surface area contributed by atoms with Gasteiger partial charge in [-0.05, 0) is 25.7 Å². The highest BCUT2D eigenvalue weighted by molar-refractivity contribution is 7.09. The summed E-state index contributed by atoms with van der Waals surface area (Å²) in [6, 6.07) is -0.203. The molecule has 1 aliphatic carbocycles. The van der Waals surface area contributed by atoms with E-state index in [4.69, 9.17) is 5.73 Å². The molecule has 1 fully saturated rings. The van der Waals surface area contributed by atoms with Crippen LogP contribution < -0.4 is 5.73 Å². The molecule has 19 heavy (non-hydrogen) atoms. The third-order valence-electron chi connectivity index (χ3n) is 3.41. The van der Waals surface area contributed by atoms with Gasteiger partial charge in [-0.1, -0.05) is 0 Å². The quantitative estimate of drug-likeness (QED) is 0.862. The molecular weight excluding hydrogens is 270 g/mol. The third-order valence-corrected chi connectivity index (χ3v) is 4.46. The van der Waals surface area contributed by atoms with Crippen molar-refractivity contribution in [1.29, 1.82) is 0 Å². The Morgan fingerprint density at radius 1 is 1.68 bits per heavy atom. The van der Waals surface area contributed by atoms with E-state index >= 15 is 0 Å². The van der Waals surface area contributed by atoms with Crippen molar-refractivity contribution in [3.05, 3.63) is 16.1 Å². The molecule has 2 unspecified atom stereocenters. The number of hydrogen-bond donors (Lipinski definition) is 1. The average molecular weight is 288 g/mol. The Hall–Kier alpha value is -0.880. The van der Waals surface area contributed by atoms with Gasteiger partial charge in [-0.3, -0.25) is 4.79 Å². The van der Waals surface area contributed by atoms with Gasteiger partial charge in [0.05, 0.1) is 6.04 Å². The monoisotopic (exact) mass is 288 g/mol. The number of carbonyl (C=O) groups is 1. The van der Waals surface area contributed by atoms with E-state index < -0.39 is 5.92 Å². The number of ketones is 1. The van der Waals surface area contributed by atoms with E-state index in [1.807, 2.05) is 0 Å². The molecule has 0 aromatic carbocycles. The maximum Gasteiger partial charge on any atom is 0.248 e. The van der Waals surface area contributed by atoms with Crippen molar-refractivity contribution in [2.24, 2.45) is 11.7 Å². The summed E-state index contributed by atoms with van der Waals surface area (Å²) in [4.78, 5) is 16.2. The highest BCUT2D eigenvalue weighted by Crippen LogP contribution is 2.38. The molecule has 0 bridgehead atoms. The molecule has 0 spiro atoms. The molecule has 0 radical (unpaired) electrons. The number of Topliss-reactive ketones (excluding diaryl/α,β-unsaturated/α-hetero) is 1. The van der Waals surface area contributed by atoms with Crippen molar-refractivity contribution >= 4 is 17.1 Å². The Kier molecular flexibility index (Phi) is 4.30. The van der Waals surface area contributed by atoms with Gasteiger partial charge in [-0.2, -0.15) is 0 Å². The molecule has 0 aliphatic heterocycles. The van der Waals surface area contributed by atoms with Crippen molar-refractivity contribution in [1.82, 2.24) is 4.98 Å². The lowest BCUT2D eigenvalue weighted by molar-refractivity contribution is -0.0521. The van der Waals surface area contributed by atoms with Crippen molar-refractivity contribution in [3.63, 3.8) is 0 Å². The van der Waals surface area contributed by atoms with Gasteiger partial charge < -0.3 is 5.73 Å². The smallest absolute Gasteiger partial charge is 0.248 e. The van der Waals surface area contributed by atoms with Crippen LogP contribution in [0.15, 0.2) is 5.38 Å². The van der Waals surface area contributed by atoms with Crippen LogP contribution in [0.25, 0.3) is 0 Å². The summed E-state index contributed by atoms with van der Waals surface area (Å²) in [5, 5.41) is 2.37. The predicted octanol–water partition coefficient (Wildman–Crippen LogP) is 3.56. The van der Waals surface area contributed by atoms with E-state index in [9.17, 15) is 13.6 Å². The SMILES string of the molecule is CC(N)c1nc(C(=O)CC2CCCC(F)(F)C2)cs1. The van der Waals surface area contributed by atoms with Crippen molar-refractivity contribution in [3.8, 4) is 0 Å². The molecule has 106 valence electrons. The highest BCUT2D eigenvalue weighted by Gasteiger charge is 2.37. The second-order valence-electron chi connectivity index (χ2n) is 5.31. The van der Waals surface area contributed by atoms with E-state index in [1.54, 1.807) is 12.3 Å². The van der Waals surface area contributed by atoms with Gasteiger partial charge in [0.15, 0.2) is 5.78 Å². The minimum absolute atomic E-state index is 0.0524. The van der Waals surface area contributed by atoms with Crippen molar-refractivity contribution in [2.75, 3.05) is 0 Å². The predicted molar refractivity (Wildman–Crippen MR) is 70.6 cm³/mol. The lowest BCUT2D eigenvalue weighted by atomic mass is 9.83. The van der Waals surface area contributed by atoms with Crippen LogP contribution >= 0.6 is 11.3 Å². The number of halogens is 2. The topological polar surface area (TPSA) is 56.0 Å². The second kappa shape index (κ2) is 5.63. The molecule has 0 saturated heterocycles. The first-order chi connectivity index (χ1) is 8.87. The van der Waals surface area contributed by atoms with Crippen LogP contribution in [0, 0.1) is 5.92 Å². The lowest BCUT2D eigenvalue weighted by Gasteiger charge is -2.28. The van der Waals surface area contributed by atoms with Gasteiger partial charge in [-0.25, -0.2) is 13.8 Å². The summed E-state index contributed by atoms with van der Waals surface area (Å²) in [6.45, 7) is 1.80. The number of rotatable bonds is 4. The van der Waals surface area contributed by atoms with E-state index in [0.29, 0.717) is 23.5 Å². The fourth-order valence-corrected chi connectivity index (χ4v) is 3.22. The van der Waals surface area contributed by atoms with Crippen LogP contribution in [0.2, 0.25) is 0 Å². The van der Waals surface area contributed by atoms with Gasteiger partial charge in [0.2, 0.25) is 5.92 Å². The number of hydrogen-bond acceptors (Lipinski definition) is 4. The molecule has 1 saturated carbocycles. The minimum atomic E-state index is -2.61. The molecule has 1 aromatic rings. The fourth-order valence-electron chi connectivity index (χ4n) is 2.44. The van der Waals surface area contributed by atoms with Crippen LogP contribution in [0.4, 0.5) is 8.78 Å². The minimum Gasteiger partial charge on any atom is -0.322 e. The van der Waals surface area contributed by atoms with Crippen LogP contribution in [-0.4, -0.2) is 16.7 Å². The number of carbonyl (C=O) groups excluding carboxylic acids is 1. The second-order valence-corrected chi connectivity index (χ2v) is 6.19. The Labute approximate surface area is 115 Å². The summed E-state index contributed by atoms with van der Waals surface area (Å²) >= 11 is 1.34. The fraction of sp³-hybridized carbons (Fsp3) is 0.692. The van der Waals surface area contributed by atoms with Gasteiger partial charge >= 0.3 is 0 Å². The molecular formula is C13H18F2N2OS. The summed E-state index contributed by atoms with van der Waals surface area (Å²) in [5.74, 6) is -2.98. The highest BCUT2D eigenvalue weighted by atomic mass is 32.1. The Morgan fingerprint density at radius 2 is 2.42 bits per heavy atom. The maximum absolute atomic E-state index is 13.3. The summed E-state index contributed by atoms with van der Waals surface area (Å²) < 4.78 is 26.6. The first-order valence-electron chi connectivity index (χ1n) is 6.49. The third kappa shape index (κ3) is 3.79. The molecule has 0 amide bonds. The van der Waals surface area contributed by atoms with Gasteiger partial charge in [0.25, 0.3) is 0 Å². The Balaban J connectivity index is 1.96. The van der Waals surface area contributed by atoms with E-state index in [-0.39, 0.29) is 37.0 Å². The zero-order chi connectivity index (χ0) is 14.0. The maximum atomic E-state index is 13.3. The summed E-state index contributed by atoms with van der Waals surface area (Å²) in [5.41, 5.74) is 6.05. The molecule has 1 heterocycles. The summed E-state index contributed by atoms with van der Waals surface area (Å²) in [6.07, 6.45) is 1.13. The van der Waals surface area contributed by atoms with Crippen LogP contribution in [-0.2, 0) is 0 Å². The normalized spacial score (nSPS) is 24.1. The number of nitrogens with zero attached hydrogens (tertiary/aromatic N) is 1. The molecule has 2 N–H and O–H groups in total. The number of thiazole rings is 1. The van der Waals surface area contributed by atoms with E-state index in [0.717, 1.165) is 0 Å². The molecule has 2 rings (SSSR count). The number of aromatic nitrogens is 1. The van der Waals surface area contributed by atoms with Gasteiger partial charge in [0.1, 0.15) is 10.7 Å².